The molecule has 0 amide bonds. The van der Waals surface area contributed by atoms with E-state index in [-0.39, 0.29) is 11.3 Å². The average Bonchev–Trinajstić information content (AvgIpc) is 2.56. The first kappa shape index (κ1) is 23.8. The number of halogens is 9. The summed E-state index contributed by atoms with van der Waals surface area (Å²) in [7, 11) is 9.78. The molecule has 0 atom stereocenters. The molecule has 2 aromatic carbocycles. The Bertz CT molecular complexity index is 830. The second kappa shape index (κ2) is 9.77. The SMILES string of the molecule is Cc1cccc(C=Nc2c(F)c(F)c(C(F)(F)F)c(F)c2F)c1O.[Cl][Ti][Cl]. The Morgan fingerprint density at radius 2 is 1.48 bits per heavy atom. The molecule has 0 saturated heterocycles. The predicted molar refractivity (Wildman–Crippen MR) is 83.1 cm³/mol. The molecule has 2 nitrogen and oxygen atoms in total. The van der Waals surface area contributed by atoms with Gasteiger partial charge in [0, 0.05) is 11.8 Å². The van der Waals surface area contributed by atoms with Crippen LogP contribution in [-0.4, -0.2) is 11.3 Å². The fourth-order valence-electron chi connectivity index (χ4n) is 1.90. The summed E-state index contributed by atoms with van der Waals surface area (Å²) in [5.74, 6) is -10.1. The van der Waals surface area contributed by atoms with Crippen molar-refractivity contribution in [2.24, 2.45) is 4.99 Å². The molecule has 0 aliphatic rings. The number of para-hydroxylation sites is 1. The molecule has 0 unspecified atom stereocenters. The van der Waals surface area contributed by atoms with Crippen LogP contribution in [0, 0.1) is 30.2 Å². The van der Waals surface area contributed by atoms with Gasteiger partial charge in [-0.2, -0.15) is 13.2 Å². The first-order valence-corrected chi connectivity index (χ1v) is 11.0. The number of aliphatic imine (C=N–C) groups is 1. The molecular weight excluding hydrogens is 462 g/mol. The Hall–Kier alpha value is -1.29. The molecule has 1 N–H and O–H groups in total. The molecule has 0 radical (unpaired) electrons. The van der Waals surface area contributed by atoms with Gasteiger partial charge in [0.05, 0.1) is 0 Å². The molecule has 12 heteroatoms. The molecule has 0 aromatic heterocycles. The van der Waals surface area contributed by atoms with E-state index < -0.39 is 57.7 Å². The Labute approximate surface area is 165 Å². The van der Waals surface area contributed by atoms with Gasteiger partial charge in [0.1, 0.15) is 17.0 Å². The minimum atomic E-state index is -5.62. The van der Waals surface area contributed by atoms with Crippen molar-refractivity contribution in [2.45, 2.75) is 13.1 Å². The van der Waals surface area contributed by atoms with Gasteiger partial charge in [0.2, 0.25) is 0 Å². The van der Waals surface area contributed by atoms with Crippen molar-refractivity contribution in [1.82, 2.24) is 0 Å². The summed E-state index contributed by atoms with van der Waals surface area (Å²) in [5.41, 5.74) is -3.91. The Morgan fingerprint density at radius 1 is 1.00 bits per heavy atom. The van der Waals surface area contributed by atoms with Crippen molar-refractivity contribution >= 4 is 30.5 Å². The fraction of sp³-hybridized carbons (Fsp3) is 0.133. The number of aryl methyl sites for hydroxylation is 1. The third kappa shape index (κ3) is 5.60. The van der Waals surface area contributed by atoms with E-state index in [9.17, 15) is 35.8 Å². The van der Waals surface area contributed by atoms with Crippen molar-refractivity contribution in [3.05, 3.63) is 58.2 Å². The van der Waals surface area contributed by atoms with Crippen LogP contribution in [0.5, 0.6) is 5.75 Å². The maximum absolute atomic E-state index is 13.7. The molecule has 0 fully saturated rings. The van der Waals surface area contributed by atoms with E-state index in [1.54, 1.807) is 0 Å². The summed E-state index contributed by atoms with van der Waals surface area (Å²) in [6.45, 7) is 1.51. The number of hydrogen-bond donors (Lipinski definition) is 1. The van der Waals surface area contributed by atoms with Gasteiger partial charge in [-0.1, -0.05) is 12.1 Å². The molecule has 0 aliphatic heterocycles. The van der Waals surface area contributed by atoms with Crippen molar-refractivity contribution < 1.29 is 52.9 Å². The van der Waals surface area contributed by atoms with Crippen molar-refractivity contribution in [2.75, 3.05) is 0 Å². The van der Waals surface area contributed by atoms with Gasteiger partial charge >= 0.3 is 41.8 Å². The van der Waals surface area contributed by atoms with Gasteiger partial charge < -0.3 is 5.11 Å². The molecule has 0 aliphatic carbocycles. The third-order valence-electron chi connectivity index (χ3n) is 3.13. The summed E-state index contributed by atoms with van der Waals surface area (Å²) >= 11 is -0.556. The summed E-state index contributed by atoms with van der Waals surface area (Å²) in [4.78, 5) is 3.14. The number of benzene rings is 2. The minimum absolute atomic E-state index is 0.0467. The van der Waals surface area contributed by atoms with Crippen LogP contribution in [0.1, 0.15) is 16.7 Å². The predicted octanol–water partition coefficient (Wildman–Crippen LogP) is 6.40. The van der Waals surface area contributed by atoms with Crippen LogP contribution in [0.25, 0.3) is 0 Å². The Balaban J connectivity index is 0.00000114. The molecule has 0 spiro atoms. The second-order valence-corrected chi connectivity index (χ2v) is 7.40. The van der Waals surface area contributed by atoms with Crippen molar-refractivity contribution in [3.8, 4) is 5.75 Å². The first-order valence-electron chi connectivity index (χ1n) is 6.69. The van der Waals surface area contributed by atoms with Crippen molar-refractivity contribution in [3.63, 3.8) is 0 Å². The monoisotopic (exact) mass is 469 g/mol. The topological polar surface area (TPSA) is 32.6 Å². The number of rotatable bonds is 2. The zero-order valence-corrected chi connectivity index (χ0v) is 16.2. The number of aromatic hydroxyl groups is 1. The van der Waals surface area contributed by atoms with E-state index in [4.69, 9.17) is 18.6 Å². The summed E-state index contributed by atoms with van der Waals surface area (Å²) in [6, 6.07) is 4.24. The maximum atomic E-state index is 13.7. The van der Waals surface area contributed by atoms with E-state index in [1.165, 1.54) is 25.1 Å². The quantitative estimate of drug-likeness (QED) is 0.234. The molecular formula is C15H8Cl2F7NOTi. The van der Waals surface area contributed by atoms with E-state index in [0.717, 1.165) is 0 Å². The zero-order chi connectivity index (χ0) is 20.9. The van der Waals surface area contributed by atoms with Gasteiger partial charge in [0.15, 0.2) is 23.3 Å². The summed E-state index contributed by atoms with van der Waals surface area (Å²) in [6.07, 6.45) is -4.94. The van der Waals surface area contributed by atoms with Crippen LogP contribution in [0.3, 0.4) is 0 Å². The normalized spacial score (nSPS) is 11.3. The zero-order valence-electron chi connectivity index (χ0n) is 13.1. The molecule has 2 rings (SSSR count). The molecule has 2 aromatic rings. The van der Waals surface area contributed by atoms with Crippen molar-refractivity contribution in [1.29, 1.82) is 0 Å². The van der Waals surface area contributed by atoms with Crippen LogP contribution in [-0.2, 0) is 23.2 Å². The van der Waals surface area contributed by atoms with E-state index in [0.29, 0.717) is 11.8 Å². The number of phenols is 1. The fourth-order valence-corrected chi connectivity index (χ4v) is 1.90. The van der Waals surface area contributed by atoms with Crippen LogP contribution in [0.4, 0.5) is 36.4 Å². The van der Waals surface area contributed by atoms with Gasteiger partial charge in [-0.3, -0.25) is 0 Å². The van der Waals surface area contributed by atoms with Crippen LogP contribution >= 0.6 is 18.6 Å². The number of hydrogen-bond acceptors (Lipinski definition) is 2. The van der Waals surface area contributed by atoms with Gasteiger partial charge in [0.25, 0.3) is 0 Å². The second-order valence-electron chi connectivity index (χ2n) is 4.82. The van der Waals surface area contributed by atoms with E-state index >= 15 is 0 Å². The average molecular weight is 470 g/mol. The Kier molecular flexibility index (Phi) is 8.60. The molecule has 0 heterocycles. The van der Waals surface area contributed by atoms with Crippen LogP contribution in [0.2, 0.25) is 0 Å². The van der Waals surface area contributed by atoms with Gasteiger partial charge in [-0.25, -0.2) is 22.6 Å². The number of nitrogens with zero attached hydrogens (tertiary/aromatic N) is 1. The van der Waals surface area contributed by atoms with Crippen LogP contribution < -0.4 is 0 Å². The molecule has 0 bridgehead atoms. The van der Waals surface area contributed by atoms with E-state index in [2.05, 4.69) is 4.99 Å². The number of alkyl halides is 3. The number of phenolic OH excluding ortho intramolecular Hbond substituents is 1. The molecule has 146 valence electrons. The molecule has 0 saturated carbocycles. The van der Waals surface area contributed by atoms with Gasteiger partial charge in [-0.15, -0.1) is 0 Å². The Morgan fingerprint density at radius 3 is 1.93 bits per heavy atom. The van der Waals surface area contributed by atoms with E-state index in [1.807, 2.05) is 0 Å². The van der Waals surface area contributed by atoms with Gasteiger partial charge in [-0.05, 0) is 18.6 Å². The summed E-state index contributed by atoms with van der Waals surface area (Å²) < 4.78 is 91.6. The standard InChI is InChI=1S/C15H8F7NO.2ClH.Ti/c1-6-3-2-4-7(14(6)24)5-23-13-11(18)9(16)8(15(20,21)22)10(17)12(13)19;;;/h2-5,24H,1H3;2*1H;/q;;;+2/p-2. The summed E-state index contributed by atoms with van der Waals surface area (Å²) in [5, 5.41) is 9.70. The molecule has 27 heavy (non-hydrogen) atoms. The third-order valence-corrected chi connectivity index (χ3v) is 3.13. The van der Waals surface area contributed by atoms with Crippen LogP contribution in [0.15, 0.2) is 23.2 Å². The first-order chi connectivity index (χ1) is 12.5.